The van der Waals surface area contributed by atoms with Gasteiger partial charge in [-0.15, -0.1) is 0 Å². The van der Waals surface area contributed by atoms with Crippen molar-refractivity contribution >= 4 is 17.5 Å². The van der Waals surface area contributed by atoms with Crippen LogP contribution in [0.15, 0.2) is 23.7 Å². The van der Waals surface area contributed by atoms with Crippen LogP contribution in [-0.4, -0.2) is 20.4 Å². The van der Waals surface area contributed by atoms with E-state index in [1.165, 1.54) is 11.6 Å². The third-order valence-corrected chi connectivity index (χ3v) is 2.56. The number of carboxylic acids is 1. The second kappa shape index (κ2) is 4.08. The van der Waals surface area contributed by atoms with Gasteiger partial charge in [-0.2, -0.15) is 9.64 Å². The lowest BCUT2D eigenvalue weighted by atomic mass is 10.1. The summed E-state index contributed by atoms with van der Waals surface area (Å²) in [5.74, 6) is -1.03. The molecule has 0 fully saturated rings. The van der Waals surface area contributed by atoms with Gasteiger partial charge in [-0.25, -0.2) is 4.79 Å². The number of pyridine rings is 1. The van der Waals surface area contributed by atoms with Gasteiger partial charge in [0.2, 0.25) is 0 Å². The van der Waals surface area contributed by atoms with Crippen molar-refractivity contribution in [3.63, 3.8) is 0 Å². The van der Waals surface area contributed by atoms with Crippen LogP contribution < -0.4 is 0 Å². The normalized spacial score (nSPS) is 9.69. The lowest BCUT2D eigenvalue weighted by Gasteiger charge is -1.97. The molecular weight excluding hydrogens is 226 g/mol. The Balaban J connectivity index is 2.47. The molecule has 0 radical (unpaired) electrons. The highest BCUT2D eigenvalue weighted by atomic mass is 32.1. The van der Waals surface area contributed by atoms with Crippen molar-refractivity contribution in [1.82, 2.24) is 9.36 Å². The van der Waals surface area contributed by atoms with Crippen LogP contribution >= 0.6 is 11.5 Å². The summed E-state index contributed by atoms with van der Waals surface area (Å²) in [6, 6.07) is 5.10. The SMILES string of the molecule is N#Cc1ccc(-c2nscc2C(=O)O)nc1. The summed E-state index contributed by atoms with van der Waals surface area (Å²) in [5.41, 5.74) is 1.35. The first-order valence-electron chi connectivity index (χ1n) is 4.26. The molecule has 5 nitrogen and oxygen atoms in total. The summed E-state index contributed by atoms with van der Waals surface area (Å²) in [7, 11) is 0. The number of carboxylic acid groups (broad SMARTS) is 1. The van der Waals surface area contributed by atoms with E-state index >= 15 is 0 Å². The van der Waals surface area contributed by atoms with Gasteiger partial charge < -0.3 is 5.11 Å². The molecule has 0 unspecified atom stereocenters. The van der Waals surface area contributed by atoms with Gasteiger partial charge >= 0.3 is 5.97 Å². The second-order valence-electron chi connectivity index (χ2n) is 2.93. The van der Waals surface area contributed by atoms with Crippen LogP contribution in [0.1, 0.15) is 15.9 Å². The van der Waals surface area contributed by atoms with Gasteiger partial charge in [-0.05, 0) is 23.7 Å². The fourth-order valence-electron chi connectivity index (χ4n) is 1.17. The van der Waals surface area contributed by atoms with Gasteiger partial charge in [0.25, 0.3) is 0 Å². The summed E-state index contributed by atoms with van der Waals surface area (Å²) in [6.45, 7) is 0. The van der Waals surface area contributed by atoms with Gasteiger partial charge in [-0.3, -0.25) is 4.98 Å². The highest BCUT2D eigenvalue weighted by Crippen LogP contribution is 2.22. The van der Waals surface area contributed by atoms with Crippen molar-refractivity contribution < 1.29 is 9.90 Å². The van der Waals surface area contributed by atoms with Crippen LogP contribution in [0.5, 0.6) is 0 Å². The Morgan fingerprint density at radius 1 is 1.50 bits per heavy atom. The highest BCUT2D eigenvalue weighted by molar-refractivity contribution is 7.04. The zero-order valence-corrected chi connectivity index (χ0v) is 8.73. The fourth-order valence-corrected chi connectivity index (χ4v) is 1.84. The molecule has 0 saturated heterocycles. The quantitative estimate of drug-likeness (QED) is 0.851. The first-order chi connectivity index (χ1) is 7.72. The van der Waals surface area contributed by atoms with Crippen LogP contribution in [-0.2, 0) is 0 Å². The van der Waals surface area contributed by atoms with Gasteiger partial charge in [0.05, 0.1) is 16.8 Å². The molecule has 2 aromatic rings. The van der Waals surface area contributed by atoms with E-state index in [0.29, 0.717) is 17.0 Å². The molecule has 0 amide bonds. The molecule has 78 valence electrons. The third-order valence-electron chi connectivity index (χ3n) is 1.94. The Bertz CT molecular complexity index is 568. The number of rotatable bonds is 2. The average Bonchev–Trinajstić information content (AvgIpc) is 2.78. The number of nitrogens with zero attached hydrogens (tertiary/aromatic N) is 3. The zero-order valence-electron chi connectivity index (χ0n) is 7.91. The number of aromatic carboxylic acids is 1. The summed E-state index contributed by atoms with van der Waals surface area (Å²) >= 11 is 1.06. The van der Waals surface area contributed by atoms with Gasteiger partial charge in [-0.1, -0.05) is 0 Å². The number of hydrogen-bond acceptors (Lipinski definition) is 5. The Labute approximate surface area is 94.8 Å². The molecule has 2 rings (SSSR count). The summed E-state index contributed by atoms with van der Waals surface area (Å²) in [5, 5.41) is 19.0. The average molecular weight is 231 g/mol. The highest BCUT2D eigenvalue weighted by Gasteiger charge is 2.15. The monoisotopic (exact) mass is 231 g/mol. The largest absolute Gasteiger partial charge is 0.478 e. The first-order valence-corrected chi connectivity index (χ1v) is 5.10. The van der Waals surface area contributed by atoms with E-state index in [0.717, 1.165) is 11.5 Å². The molecule has 0 saturated carbocycles. The lowest BCUT2D eigenvalue weighted by Crippen LogP contribution is -1.97. The van der Waals surface area contributed by atoms with Crippen LogP contribution in [0, 0.1) is 11.3 Å². The maximum absolute atomic E-state index is 10.9. The molecule has 0 aliphatic heterocycles. The van der Waals surface area contributed by atoms with E-state index in [1.54, 1.807) is 12.1 Å². The van der Waals surface area contributed by atoms with Crippen molar-refractivity contribution in [2.45, 2.75) is 0 Å². The van der Waals surface area contributed by atoms with Gasteiger partial charge in [0, 0.05) is 11.6 Å². The molecule has 0 bridgehead atoms. The van der Waals surface area contributed by atoms with E-state index < -0.39 is 5.97 Å². The molecule has 2 heterocycles. The molecule has 0 spiro atoms. The molecule has 0 aromatic carbocycles. The molecule has 0 aliphatic carbocycles. The van der Waals surface area contributed by atoms with Crippen molar-refractivity contribution in [1.29, 1.82) is 5.26 Å². The van der Waals surface area contributed by atoms with Gasteiger partial charge in [0.1, 0.15) is 11.8 Å². The molecule has 0 atom stereocenters. The van der Waals surface area contributed by atoms with E-state index in [9.17, 15) is 4.79 Å². The zero-order chi connectivity index (χ0) is 11.5. The molecule has 0 aliphatic rings. The van der Waals surface area contributed by atoms with Crippen LogP contribution in [0.2, 0.25) is 0 Å². The topological polar surface area (TPSA) is 86.9 Å². The number of carbonyl (C=O) groups is 1. The van der Waals surface area contributed by atoms with Gasteiger partial charge in [0.15, 0.2) is 0 Å². The van der Waals surface area contributed by atoms with E-state index in [4.69, 9.17) is 10.4 Å². The predicted molar refractivity (Wildman–Crippen MR) is 57.0 cm³/mol. The molecular formula is C10H5N3O2S. The second-order valence-corrected chi connectivity index (χ2v) is 3.55. The van der Waals surface area contributed by atoms with Crippen molar-refractivity contribution in [2.24, 2.45) is 0 Å². The number of nitriles is 1. The Morgan fingerprint density at radius 3 is 2.88 bits per heavy atom. The Hall–Kier alpha value is -2.26. The maximum Gasteiger partial charge on any atom is 0.338 e. The van der Waals surface area contributed by atoms with E-state index in [-0.39, 0.29) is 5.56 Å². The summed E-state index contributed by atoms with van der Waals surface area (Å²) in [4.78, 5) is 14.9. The summed E-state index contributed by atoms with van der Waals surface area (Å²) < 4.78 is 3.98. The van der Waals surface area contributed by atoms with E-state index in [2.05, 4.69) is 9.36 Å². The summed E-state index contributed by atoms with van der Waals surface area (Å²) in [6.07, 6.45) is 1.39. The smallest absolute Gasteiger partial charge is 0.338 e. The minimum atomic E-state index is -1.03. The van der Waals surface area contributed by atoms with Crippen molar-refractivity contribution in [2.75, 3.05) is 0 Å². The minimum absolute atomic E-state index is 0.127. The lowest BCUT2D eigenvalue weighted by molar-refractivity contribution is 0.0698. The third kappa shape index (κ3) is 1.76. The van der Waals surface area contributed by atoms with Crippen LogP contribution in [0.4, 0.5) is 0 Å². The van der Waals surface area contributed by atoms with Crippen molar-refractivity contribution in [3.8, 4) is 17.5 Å². The van der Waals surface area contributed by atoms with Crippen molar-refractivity contribution in [3.05, 3.63) is 34.8 Å². The fraction of sp³-hybridized carbons (Fsp3) is 0. The number of hydrogen-bond donors (Lipinski definition) is 1. The molecule has 16 heavy (non-hydrogen) atoms. The Kier molecular flexibility index (Phi) is 2.62. The molecule has 6 heteroatoms. The van der Waals surface area contributed by atoms with E-state index in [1.807, 2.05) is 6.07 Å². The first kappa shape index (κ1) is 10.3. The maximum atomic E-state index is 10.9. The Morgan fingerprint density at radius 2 is 2.31 bits per heavy atom. The standard InChI is InChI=1S/C10H5N3O2S/c11-3-6-1-2-8(12-4-6)9-7(10(14)15)5-16-13-9/h1-2,4-5H,(H,14,15). The van der Waals surface area contributed by atoms with Crippen LogP contribution in [0.3, 0.4) is 0 Å². The van der Waals surface area contributed by atoms with Crippen LogP contribution in [0.25, 0.3) is 11.4 Å². The minimum Gasteiger partial charge on any atom is -0.478 e. The molecule has 2 aromatic heterocycles. The molecule has 1 N–H and O–H groups in total. The number of aromatic nitrogens is 2. The predicted octanol–water partition coefficient (Wildman–Crippen LogP) is 1.77.